The molecule has 0 atom stereocenters. The number of carbonyl (C=O) groups is 1. The second kappa shape index (κ2) is 5.26. The predicted octanol–water partition coefficient (Wildman–Crippen LogP) is 3.26. The Labute approximate surface area is 129 Å². The van der Waals surface area contributed by atoms with Crippen molar-refractivity contribution in [2.75, 3.05) is 0 Å². The maximum Gasteiger partial charge on any atom is 0.251 e. The zero-order valence-corrected chi connectivity index (χ0v) is 12.2. The van der Waals surface area contributed by atoms with Crippen molar-refractivity contribution in [3.8, 4) is 0 Å². The van der Waals surface area contributed by atoms with E-state index in [1.54, 1.807) is 0 Å². The van der Waals surface area contributed by atoms with E-state index in [1.807, 2.05) is 30.3 Å². The zero-order chi connectivity index (χ0) is 14.9. The van der Waals surface area contributed by atoms with Crippen LogP contribution in [0.5, 0.6) is 0 Å². The fourth-order valence-electron chi connectivity index (χ4n) is 3.06. The molecule has 1 aromatic heterocycles. The molecule has 0 saturated heterocycles. The number of carbonyl (C=O) groups excluding carboxylic acids is 1. The molecular weight excluding hydrogens is 272 g/mol. The van der Waals surface area contributed by atoms with Crippen LogP contribution >= 0.6 is 0 Å². The van der Waals surface area contributed by atoms with Crippen LogP contribution < -0.4 is 5.32 Å². The normalized spacial score (nSPS) is 13.2. The van der Waals surface area contributed by atoms with Gasteiger partial charge < -0.3 is 5.32 Å². The predicted molar refractivity (Wildman–Crippen MR) is 86.8 cm³/mol. The molecule has 0 spiro atoms. The number of hydrogen-bond donors (Lipinski definition) is 1. The summed E-state index contributed by atoms with van der Waals surface area (Å²) in [7, 11) is 0. The molecule has 0 fully saturated rings. The van der Waals surface area contributed by atoms with Gasteiger partial charge in [0.1, 0.15) is 0 Å². The number of nitrogens with zero attached hydrogens (tertiary/aromatic N) is 1. The molecule has 3 nitrogen and oxygen atoms in total. The maximum absolute atomic E-state index is 11.7. The van der Waals surface area contributed by atoms with Crippen LogP contribution in [0, 0.1) is 0 Å². The molecule has 3 heteroatoms. The molecule has 3 aromatic rings. The van der Waals surface area contributed by atoms with Crippen molar-refractivity contribution in [2.24, 2.45) is 0 Å². The number of hydrogen-bond acceptors (Lipinski definition) is 2. The minimum atomic E-state index is 0.0423. The van der Waals surface area contributed by atoms with Crippen molar-refractivity contribution in [1.82, 2.24) is 10.3 Å². The summed E-state index contributed by atoms with van der Waals surface area (Å²) in [5, 5.41) is 4.06. The lowest BCUT2D eigenvalue weighted by Crippen LogP contribution is -2.12. The average molecular weight is 288 g/mol. The lowest BCUT2D eigenvalue weighted by Gasteiger charge is -2.07. The number of aromatic nitrogens is 1. The summed E-state index contributed by atoms with van der Waals surface area (Å²) in [5.41, 5.74) is 5.34. The van der Waals surface area contributed by atoms with E-state index < -0.39 is 0 Å². The number of pyridine rings is 1. The molecule has 22 heavy (non-hydrogen) atoms. The molecular formula is C19H16N2O. The summed E-state index contributed by atoms with van der Waals surface area (Å²) < 4.78 is 0. The van der Waals surface area contributed by atoms with Crippen molar-refractivity contribution in [2.45, 2.75) is 19.4 Å². The first-order chi connectivity index (χ1) is 10.8. The van der Waals surface area contributed by atoms with Gasteiger partial charge in [-0.1, -0.05) is 36.4 Å². The largest absolute Gasteiger partial charge is 0.348 e. The number of benzene rings is 2. The highest BCUT2D eigenvalue weighted by Gasteiger charge is 2.20. The molecule has 4 rings (SSSR count). The van der Waals surface area contributed by atoms with E-state index >= 15 is 0 Å². The summed E-state index contributed by atoms with van der Waals surface area (Å²) in [6.45, 7) is 0.648. The van der Waals surface area contributed by atoms with Gasteiger partial charge in [0.05, 0.1) is 5.52 Å². The zero-order valence-electron chi connectivity index (χ0n) is 12.2. The van der Waals surface area contributed by atoms with Crippen LogP contribution in [0.15, 0.2) is 54.6 Å². The van der Waals surface area contributed by atoms with Gasteiger partial charge in [0.15, 0.2) is 0 Å². The molecule has 0 bridgehead atoms. The maximum atomic E-state index is 11.7. The van der Waals surface area contributed by atoms with Gasteiger partial charge in [-0.25, -0.2) is 0 Å². The van der Waals surface area contributed by atoms with E-state index in [-0.39, 0.29) is 5.91 Å². The first-order valence-electron chi connectivity index (χ1n) is 7.55. The number of rotatable bonds is 3. The van der Waals surface area contributed by atoms with E-state index in [9.17, 15) is 4.79 Å². The summed E-state index contributed by atoms with van der Waals surface area (Å²) in [6, 6.07) is 18.4. The monoisotopic (exact) mass is 288 g/mol. The summed E-state index contributed by atoms with van der Waals surface area (Å²) in [6.07, 6.45) is 1.79. The number of fused-ring (bicyclic) bond motifs is 2. The van der Waals surface area contributed by atoms with Gasteiger partial charge in [0.25, 0.3) is 5.91 Å². The third-order valence-electron chi connectivity index (χ3n) is 4.25. The Morgan fingerprint density at radius 2 is 1.86 bits per heavy atom. The van der Waals surface area contributed by atoms with Gasteiger partial charge in [-0.05, 0) is 42.2 Å². The van der Waals surface area contributed by atoms with Crippen molar-refractivity contribution < 1.29 is 4.79 Å². The van der Waals surface area contributed by atoms with Crippen molar-refractivity contribution in [1.29, 1.82) is 0 Å². The fourth-order valence-corrected chi connectivity index (χ4v) is 3.06. The minimum Gasteiger partial charge on any atom is -0.348 e. The van der Waals surface area contributed by atoms with E-state index in [1.165, 1.54) is 10.9 Å². The van der Waals surface area contributed by atoms with Crippen LogP contribution in [0.2, 0.25) is 0 Å². The molecule has 108 valence electrons. The Morgan fingerprint density at radius 3 is 2.82 bits per heavy atom. The molecule has 2 heterocycles. The Balaban J connectivity index is 1.58. The van der Waals surface area contributed by atoms with Gasteiger partial charge >= 0.3 is 0 Å². The molecule has 0 radical (unpaired) electrons. The first-order valence-corrected chi connectivity index (χ1v) is 7.55. The topological polar surface area (TPSA) is 42.0 Å². The highest BCUT2D eigenvalue weighted by molar-refractivity contribution is 5.98. The van der Waals surface area contributed by atoms with E-state index in [0.29, 0.717) is 6.54 Å². The molecule has 0 unspecified atom stereocenters. The lowest BCUT2D eigenvalue weighted by molar-refractivity contribution is 0.0966. The molecule has 1 aliphatic heterocycles. The third kappa shape index (κ3) is 2.25. The summed E-state index contributed by atoms with van der Waals surface area (Å²) in [5.74, 6) is 0.0423. The van der Waals surface area contributed by atoms with E-state index in [0.717, 1.165) is 35.2 Å². The number of nitrogens with one attached hydrogen (secondary N) is 1. The molecule has 1 aliphatic rings. The smallest absolute Gasteiger partial charge is 0.251 e. The molecule has 1 N–H and O–H groups in total. The Hall–Kier alpha value is -2.68. The van der Waals surface area contributed by atoms with Crippen molar-refractivity contribution in [3.05, 3.63) is 77.0 Å². The fraction of sp³-hybridized carbons (Fsp3) is 0.158. The van der Waals surface area contributed by atoms with Crippen LogP contribution in [-0.2, 0) is 19.4 Å². The molecule has 0 saturated carbocycles. The Morgan fingerprint density at radius 1 is 0.955 bits per heavy atom. The first kappa shape index (κ1) is 13.0. The Bertz CT molecular complexity index is 870. The minimum absolute atomic E-state index is 0.0423. The van der Waals surface area contributed by atoms with Crippen LogP contribution in [0.4, 0.5) is 0 Å². The van der Waals surface area contributed by atoms with Crippen LogP contribution in [0.3, 0.4) is 0 Å². The van der Waals surface area contributed by atoms with Gasteiger partial charge in [-0.15, -0.1) is 0 Å². The average Bonchev–Trinajstić information content (AvgIpc) is 2.95. The SMILES string of the molecule is O=C1NCc2c(CCc3ccc4ccccc4n3)cccc21. The standard InChI is InChI=1S/C19H16N2O/c22-19-16-6-3-5-13(17(16)12-20-19)8-10-15-11-9-14-4-1-2-7-18(14)21-15/h1-7,9,11H,8,10,12H2,(H,20,22). The highest BCUT2D eigenvalue weighted by Crippen LogP contribution is 2.21. The van der Waals surface area contributed by atoms with Gasteiger partial charge in [-0.2, -0.15) is 0 Å². The van der Waals surface area contributed by atoms with Crippen molar-refractivity contribution in [3.63, 3.8) is 0 Å². The van der Waals surface area contributed by atoms with Gasteiger partial charge in [0, 0.05) is 23.2 Å². The lowest BCUT2D eigenvalue weighted by atomic mass is 9.98. The van der Waals surface area contributed by atoms with Crippen LogP contribution in [0.1, 0.15) is 27.2 Å². The van der Waals surface area contributed by atoms with E-state index in [4.69, 9.17) is 4.98 Å². The molecule has 0 aliphatic carbocycles. The third-order valence-corrected chi connectivity index (χ3v) is 4.25. The quantitative estimate of drug-likeness (QED) is 0.803. The van der Waals surface area contributed by atoms with Crippen molar-refractivity contribution >= 4 is 16.8 Å². The highest BCUT2D eigenvalue weighted by atomic mass is 16.1. The van der Waals surface area contributed by atoms with Gasteiger partial charge in [-0.3, -0.25) is 9.78 Å². The summed E-state index contributed by atoms with van der Waals surface area (Å²) >= 11 is 0. The number of aryl methyl sites for hydroxylation is 2. The molecule has 2 aromatic carbocycles. The number of para-hydroxylation sites is 1. The second-order valence-electron chi connectivity index (χ2n) is 5.62. The number of amides is 1. The van der Waals surface area contributed by atoms with Gasteiger partial charge in [0.2, 0.25) is 0 Å². The molecule has 1 amide bonds. The van der Waals surface area contributed by atoms with Crippen LogP contribution in [-0.4, -0.2) is 10.9 Å². The Kier molecular flexibility index (Phi) is 3.11. The van der Waals surface area contributed by atoms with Crippen LogP contribution in [0.25, 0.3) is 10.9 Å². The second-order valence-corrected chi connectivity index (χ2v) is 5.62. The summed E-state index contributed by atoms with van der Waals surface area (Å²) in [4.78, 5) is 16.4. The van der Waals surface area contributed by atoms with E-state index in [2.05, 4.69) is 29.6 Å².